The van der Waals surface area contributed by atoms with Crippen LogP contribution in [0.3, 0.4) is 0 Å². The quantitative estimate of drug-likeness (QED) is 0.539. The van der Waals surface area contributed by atoms with E-state index in [9.17, 15) is 4.79 Å². The molecule has 4 atom stereocenters. The van der Waals surface area contributed by atoms with Crippen molar-refractivity contribution in [2.24, 2.45) is 11.8 Å². The summed E-state index contributed by atoms with van der Waals surface area (Å²) in [7, 11) is 4.68. The zero-order chi connectivity index (χ0) is 21.0. The molecule has 2 aromatic rings. The lowest BCUT2D eigenvalue weighted by Crippen LogP contribution is -2.33. The molecule has 0 spiro atoms. The first-order valence-electron chi connectivity index (χ1n) is 9.61. The van der Waals surface area contributed by atoms with E-state index in [0.717, 1.165) is 16.7 Å². The number of alkyl halides is 1. The molecule has 1 fully saturated rings. The summed E-state index contributed by atoms with van der Waals surface area (Å²) in [5, 5.41) is -0.371. The summed E-state index contributed by atoms with van der Waals surface area (Å²) in [6, 6.07) is 7.58. The van der Waals surface area contributed by atoms with E-state index < -0.39 is 5.92 Å². The van der Waals surface area contributed by atoms with Crippen molar-refractivity contribution < 1.29 is 33.2 Å². The number of methoxy groups -OCH3 is 3. The van der Waals surface area contributed by atoms with Crippen molar-refractivity contribution in [2.75, 3.05) is 34.7 Å². The Morgan fingerprint density at radius 2 is 1.53 bits per heavy atom. The molecule has 0 saturated carbocycles. The van der Waals surface area contributed by atoms with Crippen LogP contribution in [0.1, 0.15) is 28.0 Å². The average molecular weight is 433 g/mol. The molecular formula is C22H21ClO7. The summed E-state index contributed by atoms with van der Waals surface area (Å²) in [6.07, 6.45) is 0. The Morgan fingerprint density at radius 3 is 2.13 bits per heavy atom. The Hall–Kier alpha value is -2.80. The van der Waals surface area contributed by atoms with Crippen molar-refractivity contribution in [1.29, 1.82) is 0 Å². The van der Waals surface area contributed by atoms with E-state index in [1.54, 1.807) is 21.3 Å². The van der Waals surface area contributed by atoms with Crippen molar-refractivity contribution in [3.8, 4) is 28.7 Å². The SMILES string of the molecule is COc1cc([C@@H]2c3cc4c(cc3C(Cl)[C@H]3COC(=O)[C@H]23)OCO4)cc(OC)c1OC. The van der Waals surface area contributed by atoms with Crippen molar-refractivity contribution in [2.45, 2.75) is 11.3 Å². The number of halogens is 1. The molecule has 8 heteroatoms. The fraction of sp³-hybridized carbons (Fsp3) is 0.409. The molecule has 0 N–H and O–H groups in total. The largest absolute Gasteiger partial charge is 0.493 e. The van der Waals surface area contributed by atoms with Gasteiger partial charge in [0, 0.05) is 11.8 Å². The maximum absolute atomic E-state index is 12.8. The molecule has 1 saturated heterocycles. The lowest BCUT2D eigenvalue weighted by atomic mass is 9.67. The number of benzene rings is 2. The Balaban J connectivity index is 1.74. The van der Waals surface area contributed by atoms with Gasteiger partial charge < -0.3 is 28.4 Å². The molecule has 0 radical (unpaired) electrons. The highest BCUT2D eigenvalue weighted by Crippen LogP contribution is 2.57. The molecule has 0 aromatic heterocycles. The van der Waals surface area contributed by atoms with Gasteiger partial charge in [-0.3, -0.25) is 4.79 Å². The van der Waals surface area contributed by atoms with Gasteiger partial charge >= 0.3 is 5.97 Å². The summed E-state index contributed by atoms with van der Waals surface area (Å²) in [5.41, 5.74) is 2.68. The topological polar surface area (TPSA) is 72.5 Å². The number of ether oxygens (including phenoxy) is 6. The number of fused-ring (bicyclic) bond motifs is 3. The van der Waals surface area contributed by atoms with Crippen molar-refractivity contribution in [3.05, 3.63) is 41.0 Å². The van der Waals surface area contributed by atoms with Crippen LogP contribution < -0.4 is 23.7 Å². The van der Waals surface area contributed by atoms with Gasteiger partial charge in [-0.15, -0.1) is 11.6 Å². The van der Waals surface area contributed by atoms with Crippen LogP contribution in [0.25, 0.3) is 0 Å². The minimum absolute atomic E-state index is 0.156. The van der Waals surface area contributed by atoms with Crippen LogP contribution in [0, 0.1) is 11.8 Å². The highest BCUT2D eigenvalue weighted by molar-refractivity contribution is 6.21. The van der Waals surface area contributed by atoms with Gasteiger partial charge in [-0.25, -0.2) is 0 Å². The van der Waals surface area contributed by atoms with Crippen LogP contribution in [0.5, 0.6) is 28.7 Å². The number of hydrogen-bond donors (Lipinski definition) is 0. The smallest absolute Gasteiger partial charge is 0.310 e. The van der Waals surface area contributed by atoms with Crippen LogP contribution in [-0.2, 0) is 9.53 Å². The Morgan fingerprint density at radius 1 is 0.900 bits per heavy atom. The fourth-order valence-electron chi connectivity index (χ4n) is 4.78. The van der Waals surface area contributed by atoms with Gasteiger partial charge in [0.25, 0.3) is 0 Å². The van der Waals surface area contributed by atoms with Crippen LogP contribution in [0.4, 0.5) is 0 Å². The Bertz CT molecular complexity index is 996. The second-order valence-electron chi connectivity index (χ2n) is 7.49. The number of carbonyl (C=O) groups is 1. The second kappa shape index (κ2) is 7.16. The highest BCUT2D eigenvalue weighted by Gasteiger charge is 2.52. The van der Waals surface area contributed by atoms with E-state index in [1.807, 2.05) is 24.3 Å². The molecule has 2 aliphatic heterocycles. The van der Waals surface area contributed by atoms with Gasteiger partial charge in [0.15, 0.2) is 23.0 Å². The third-order valence-electron chi connectivity index (χ3n) is 6.14. The van der Waals surface area contributed by atoms with Crippen LogP contribution >= 0.6 is 11.6 Å². The van der Waals surface area contributed by atoms with Crippen molar-refractivity contribution in [1.82, 2.24) is 0 Å². The molecule has 0 amide bonds. The number of esters is 1. The number of carbonyl (C=O) groups excluding carboxylic acids is 1. The second-order valence-corrected chi connectivity index (χ2v) is 7.96. The van der Waals surface area contributed by atoms with Crippen LogP contribution in [0.15, 0.2) is 24.3 Å². The van der Waals surface area contributed by atoms with Gasteiger partial charge in [-0.2, -0.15) is 0 Å². The minimum Gasteiger partial charge on any atom is -0.493 e. The van der Waals surface area contributed by atoms with E-state index >= 15 is 0 Å². The number of rotatable bonds is 4. The summed E-state index contributed by atoms with van der Waals surface area (Å²) in [6.45, 7) is 0.446. The van der Waals surface area contributed by atoms with Crippen molar-refractivity contribution >= 4 is 17.6 Å². The molecule has 2 heterocycles. The van der Waals surface area contributed by atoms with Gasteiger partial charge in [0.1, 0.15) is 0 Å². The van der Waals surface area contributed by atoms with E-state index in [1.165, 1.54) is 0 Å². The molecule has 1 aliphatic carbocycles. The molecule has 0 bridgehead atoms. The highest BCUT2D eigenvalue weighted by atomic mass is 35.5. The first kappa shape index (κ1) is 19.2. The van der Waals surface area contributed by atoms with Crippen molar-refractivity contribution in [3.63, 3.8) is 0 Å². The van der Waals surface area contributed by atoms with E-state index in [-0.39, 0.29) is 36.6 Å². The lowest BCUT2D eigenvalue weighted by Gasteiger charge is -2.36. The first-order chi connectivity index (χ1) is 14.6. The van der Waals surface area contributed by atoms with E-state index in [4.69, 9.17) is 40.0 Å². The predicted molar refractivity (Wildman–Crippen MR) is 107 cm³/mol. The zero-order valence-corrected chi connectivity index (χ0v) is 17.5. The summed E-state index contributed by atoms with van der Waals surface area (Å²) in [5.74, 6) is 1.68. The van der Waals surface area contributed by atoms with Gasteiger partial charge in [0.05, 0.1) is 39.2 Å². The Labute approximate surface area is 178 Å². The lowest BCUT2D eigenvalue weighted by molar-refractivity contribution is -0.141. The van der Waals surface area contributed by atoms with Crippen LogP contribution in [-0.4, -0.2) is 40.7 Å². The van der Waals surface area contributed by atoms with Crippen LogP contribution in [0.2, 0.25) is 0 Å². The maximum Gasteiger partial charge on any atom is 0.310 e. The molecular weight excluding hydrogens is 412 g/mol. The van der Waals surface area contributed by atoms with Gasteiger partial charge in [-0.05, 0) is 41.0 Å². The van der Waals surface area contributed by atoms with E-state index in [2.05, 4.69) is 0 Å². The predicted octanol–water partition coefficient (Wildman–Crippen LogP) is 3.66. The molecule has 3 aliphatic rings. The maximum atomic E-state index is 12.8. The minimum atomic E-state index is -0.428. The normalized spacial score (nSPS) is 25.9. The molecule has 2 aromatic carbocycles. The third-order valence-corrected chi connectivity index (χ3v) is 6.70. The van der Waals surface area contributed by atoms with E-state index in [0.29, 0.717) is 28.7 Å². The summed E-state index contributed by atoms with van der Waals surface area (Å²) >= 11 is 6.83. The fourth-order valence-corrected chi connectivity index (χ4v) is 5.19. The average Bonchev–Trinajstić information content (AvgIpc) is 3.38. The summed E-state index contributed by atoms with van der Waals surface area (Å²) in [4.78, 5) is 12.8. The zero-order valence-electron chi connectivity index (χ0n) is 16.8. The molecule has 1 unspecified atom stereocenters. The van der Waals surface area contributed by atoms with Gasteiger partial charge in [0.2, 0.25) is 12.5 Å². The monoisotopic (exact) mass is 432 g/mol. The molecule has 7 nitrogen and oxygen atoms in total. The summed E-state index contributed by atoms with van der Waals surface area (Å²) < 4.78 is 33.1. The Kier molecular flexibility index (Phi) is 4.58. The standard InChI is InChI=1S/C22H21ClO7/c1-25-16-4-10(5-17(26-2)21(16)27-3)18-11-6-14-15(30-9-29-14)7-12(11)20(23)13-8-28-22(24)19(13)18/h4-7,13,18-20H,8-9H2,1-3H3/t13-,18+,19-,20?/m0/s1. The third kappa shape index (κ3) is 2.68. The number of hydrogen-bond acceptors (Lipinski definition) is 7. The molecule has 5 rings (SSSR count). The molecule has 30 heavy (non-hydrogen) atoms. The van der Waals surface area contributed by atoms with Gasteiger partial charge in [-0.1, -0.05) is 0 Å². The molecule has 158 valence electrons. The number of cyclic esters (lactones) is 1. The first-order valence-corrected chi connectivity index (χ1v) is 10.0.